The highest BCUT2D eigenvalue weighted by Crippen LogP contribution is 2.32. The lowest BCUT2D eigenvalue weighted by molar-refractivity contribution is -0.142. The fraction of sp³-hybridized carbons (Fsp3) is 0.917. The van der Waals surface area contributed by atoms with Gasteiger partial charge in [0.15, 0.2) is 0 Å². The normalized spacial score (nSPS) is 20.4. The van der Waals surface area contributed by atoms with E-state index in [4.69, 9.17) is 11.6 Å². The molecule has 0 bridgehead atoms. The lowest BCUT2D eigenvalue weighted by atomic mass is 9.79. The second kappa shape index (κ2) is 5.55. The molecular formula is C12H22ClNO3. The minimum absolute atomic E-state index is 0.0234. The molecule has 0 radical (unpaired) electrons. The summed E-state index contributed by atoms with van der Waals surface area (Å²) in [6.07, 6.45) is 1.29. The van der Waals surface area contributed by atoms with E-state index in [1.807, 2.05) is 13.8 Å². The van der Waals surface area contributed by atoms with E-state index in [2.05, 4.69) is 0 Å². The number of aliphatic hydroxyl groups is 2. The van der Waals surface area contributed by atoms with E-state index in [1.54, 1.807) is 4.90 Å². The molecule has 0 spiro atoms. The number of rotatable bonds is 4. The summed E-state index contributed by atoms with van der Waals surface area (Å²) in [6, 6.07) is 0. The van der Waals surface area contributed by atoms with Gasteiger partial charge in [0.1, 0.15) is 0 Å². The molecule has 17 heavy (non-hydrogen) atoms. The van der Waals surface area contributed by atoms with Gasteiger partial charge in [-0.25, -0.2) is 0 Å². The van der Waals surface area contributed by atoms with Gasteiger partial charge in [-0.2, -0.15) is 0 Å². The highest BCUT2D eigenvalue weighted by atomic mass is 35.5. The lowest BCUT2D eigenvalue weighted by Gasteiger charge is -2.41. The fourth-order valence-corrected chi connectivity index (χ4v) is 2.15. The van der Waals surface area contributed by atoms with Crippen LogP contribution in [0.1, 0.15) is 26.7 Å². The molecule has 5 heteroatoms. The van der Waals surface area contributed by atoms with Gasteiger partial charge in [0.05, 0.1) is 18.6 Å². The molecular weight excluding hydrogens is 242 g/mol. The van der Waals surface area contributed by atoms with Gasteiger partial charge in [0, 0.05) is 24.4 Å². The first-order valence-corrected chi connectivity index (χ1v) is 6.51. The Labute approximate surface area is 108 Å². The standard InChI is InChI=1S/C12H22ClNO3/c1-11(2,7-13)10(17)14-5-3-12(8-15,9-16)4-6-14/h15-16H,3-9H2,1-2H3. The minimum Gasteiger partial charge on any atom is -0.396 e. The molecule has 0 atom stereocenters. The zero-order valence-electron chi connectivity index (χ0n) is 10.6. The largest absolute Gasteiger partial charge is 0.396 e. The highest BCUT2D eigenvalue weighted by Gasteiger charge is 2.38. The van der Waals surface area contributed by atoms with E-state index in [1.165, 1.54) is 0 Å². The Balaban J connectivity index is 2.61. The summed E-state index contributed by atoms with van der Waals surface area (Å²) in [6.45, 7) is 4.79. The SMILES string of the molecule is CC(C)(CCl)C(=O)N1CCC(CO)(CO)CC1. The maximum Gasteiger partial charge on any atom is 0.229 e. The average molecular weight is 264 g/mol. The van der Waals surface area contributed by atoms with Crippen LogP contribution >= 0.6 is 11.6 Å². The van der Waals surface area contributed by atoms with Gasteiger partial charge < -0.3 is 15.1 Å². The Bertz CT molecular complexity index is 267. The molecule has 2 N–H and O–H groups in total. The monoisotopic (exact) mass is 263 g/mol. The highest BCUT2D eigenvalue weighted by molar-refractivity contribution is 6.19. The number of halogens is 1. The Hall–Kier alpha value is -0.320. The predicted molar refractivity (Wildman–Crippen MR) is 66.9 cm³/mol. The molecule has 4 nitrogen and oxygen atoms in total. The first-order chi connectivity index (χ1) is 7.90. The Morgan fingerprint density at radius 3 is 2.12 bits per heavy atom. The number of aliphatic hydroxyl groups excluding tert-OH is 2. The van der Waals surface area contributed by atoms with Gasteiger partial charge in [-0.05, 0) is 26.7 Å². The Morgan fingerprint density at radius 2 is 1.76 bits per heavy atom. The van der Waals surface area contributed by atoms with Crippen molar-refractivity contribution in [2.75, 3.05) is 32.2 Å². The molecule has 0 aromatic carbocycles. The number of hydrogen-bond acceptors (Lipinski definition) is 3. The van der Waals surface area contributed by atoms with Crippen LogP contribution in [0, 0.1) is 10.8 Å². The summed E-state index contributed by atoms with van der Waals surface area (Å²) in [7, 11) is 0. The van der Waals surface area contributed by atoms with Crippen molar-refractivity contribution in [2.45, 2.75) is 26.7 Å². The Morgan fingerprint density at radius 1 is 1.29 bits per heavy atom. The number of nitrogens with zero attached hydrogens (tertiary/aromatic N) is 1. The van der Waals surface area contributed by atoms with E-state index in [0.717, 1.165) is 0 Å². The molecule has 1 saturated heterocycles. The van der Waals surface area contributed by atoms with Crippen molar-refractivity contribution in [3.05, 3.63) is 0 Å². The van der Waals surface area contributed by atoms with Gasteiger partial charge in [0.25, 0.3) is 0 Å². The van der Waals surface area contributed by atoms with E-state index in [-0.39, 0.29) is 19.1 Å². The van der Waals surface area contributed by atoms with Gasteiger partial charge in [0.2, 0.25) is 5.91 Å². The van der Waals surface area contributed by atoms with Crippen molar-refractivity contribution in [3.63, 3.8) is 0 Å². The van der Waals surface area contributed by atoms with E-state index in [9.17, 15) is 15.0 Å². The van der Waals surface area contributed by atoms with E-state index in [0.29, 0.717) is 31.8 Å². The van der Waals surface area contributed by atoms with Crippen molar-refractivity contribution in [1.29, 1.82) is 0 Å². The average Bonchev–Trinajstić information content (AvgIpc) is 2.38. The summed E-state index contributed by atoms with van der Waals surface area (Å²) < 4.78 is 0. The number of carbonyl (C=O) groups is 1. The summed E-state index contributed by atoms with van der Waals surface area (Å²) in [5, 5.41) is 18.6. The van der Waals surface area contributed by atoms with Gasteiger partial charge >= 0.3 is 0 Å². The van der Waals surface area contributed by atoms with Crippen LogP contribution in [0.25, 0.3) is 0 Å². The fourth-order valence-electron chi connectivity index (χ4n) is 2.04. The smallest absolute Gasteiger partial charge is 0.229 e. The van der Waals surface area contributed by atoms with E-state index < -0.39 is 10.8 Å². The number of likely N-dealkylation sites (tertiary alicyclic amines) is 1. The van der Waals surface area contributed by atoms with Crippen molar-refractivity contribution in [3.8, 4) is 0 Å². The molecule has 0 aromatic heterocycles. The van der Waals surface area contributed by atoms with Crippen LogP contribution in [-0.4, -0.2) is 53.2 Å². The van der Waals surface area contributed by atoms with Gasteiger partial charge in [-0.3, -0.25) is 4.79 Å². The van der Waals surface area contributed by atoms with Crippen molar-refractivity contribution in [2.24, 2.45) is 10.8 Å². The van der Waals surface area contributed by atoms with Crippen LogP contribution < -0.4 is 0 Å². The Kier molecular flexibility index (Phi) is 4.81. The molecule has 1 amide bonds. The molecule has 1 aliphatic heterocycles. The zero-order valence-corrected chi connectivity index (χ0v) is 11.3. The van der Waals surface area contributed by atoms with Crippen LogP contribution in [0.15, 0.2) is 0 Å². The lowest BCUT2D eigenvalue weighted by Crippen LogP contribution is -2.50. The molecule has 100 valence electrons. The number of hydrogen-bond donors (Lipinski definition) is 2. The number of carbonyl (C=O) groups excluding carboxylic acids is 1. The number of amides is 1. The molecule has 1 aliphatic rings. The van der Waals surface area contributed by atoms with Crippen LogP contribution in [0.2, 0.25) is 0 Å². The summed E-state index contributed by atoms with van der Waals surface area (Å²) >= 11 is 5.79. The van der Waals surface area contributed by atoms with Crippen molar-refractivity contribution in [1.82, 2.24) is 4.90 Å². The number of piperidine rings is 1. The first-order valence-electron chi connectivity index (χ1n) is 5.98. The minimum atomic E-state index is -0.542. The van der Waals surface area contributed by atoms with Crippen LogP contribution in [0.4, 0.5) is 0 Å². The third-order valence-electron chi connectivity index (χ3n) is 3.70. The topological polar surface area (TPSA) is 60.8 Å². The molecule has 0 aromatic rings. The van der Waals surface area contributed by atoms with Crippen LogP contribution in [-0.2, 0) is 4.79 Å². The van der Waals surface area contributed by atoms with Gasteiger partial charge in [-0.15, -0.1) is 11.6 Å². The molecule has 0 unspecified atom stereocenters. The third-order valence-corrected chi connectivity index (χ3v) is 4.36. The molecule has 1 heterocycles. The third kappa shape index (κ3) is 3.12. The quantitative estimate of drug-likeness (QED) is 0.739. The van der Waals surface area contributed by atoms with Crippen molar-refractivity contribution < 1.29 is 15.0 Å². The second-order valence-electron chi connectivity index (χ2n) is 5.63. The maximum atomic E-state index is 12.2. The van der Waals surface area contributed by atoms with Crippen molar-refractivity contribution >= 4 is 17.5 Å². The molecule has 1 rings (SSSR count). The summed E-state index contributed by atoms with van der Waals surface area (Å²) in [5.41, 5.74) is -0.956. The molecule has 0 saturated carbocycles. The summed E-state index contributed by atoms with van der Waals surface area (Å²) in [4.78, 5) is 13.9. The number of alkyl halides is 1. The van der Waals surface area contributed by atoms with Crippen LogP contribution in [0.5, 0.6) is 0 Å². The van der Waals surface area contributed by atoms with Crippen LogP contribution in [0.3, 0.4) is 0 Å². The first kappa shape index (κ1) is 14.7. The summed E-state index contributed by atoms with van der Waals surface area (Å²) in [5.74, 6) is 0.352. The molecule has 1 fully saturated rings. The second-order valence-corrected chi connectivity index (χ2v) is 5.89. The maximum absolute atomic E-state index is 12.2. The molecule has 0 aliphatic carbocycles. The van der Waals surface area contributed by atoms with E-state index >= 15 is 0 Å². The zero-order chi connectivity index (χ0) is 13.1. The predicted octanol–water partition coefficient (Wildman–Crippen LogP) is 0.845. The van der Waals surface area contributed by atoms with Gasteiger partial charge in [-0.1, -0.05) is 0 Å².